The second kappa shape index (κ2) is 2.62. The Morgan fingerprint density at radius 1 is 0.929 bits per heavy atom. The second-order valence-corrected chi connectivity index (χ2v) is 5.33. The highest BCUT2D eigenvalue weighted by Gasteiger charge is 2.58. The molecule has 2 saturated carbocycles. The van der Waals surface area contributed by atoms with E-state index in [0.717, 1.165) is 0 Å². The maximum absolute atomic E-state index is 2.48. The Labute approximate surface area is 86.3 Å². The van der Waals surface area contributed by atoms with Crippen LogP contribution in [0.2, 0.25) is 0 Å². The first kappa shape index (κ1) is 8.52. The summed E-state index contributed by atoms with van der Waals surface area (Å²) in [5.41, 5.74) is 2.78. The van der Waals surface area contributed by atoms with Gasteiger partial charge in [-0.2, -0.15) is 0 Å². The van der Waals surface area contributed by atoms with Crippen molar-refractivity contribution in [3.8, 4) is 0 Å². The van der Waals surface area contributed by atoms with Gasteiger partial charge < -0.3 is 0 Å². The largest absolute Gasteiger partial charge is 0.0622 e. The number of benzene rings is 1. The lowest BCUT2D eigenvalue weighted by molar-refractivity contribution is -0.0696. The van der Waals surface area contributed by atoms with Gasteiger partial charge in [-0.3, -0.25) is 0 Å². The van der Waals surface area contributed by atoms with Crippen molar-refractivity contribution in [2.45, 2.75) is 44.4 Å². The third kappa shape index (κ3) is 0.846. The monoisotopic (exact) mass is 186 g/mol. The van der Waals surface area contributed by atoms with E-state index in [1.54, 1.807) is 5.56 Å². The van der Waals surface area contributed by atoms with Crippen LogP contribution in [0.4, 0.5) is 0 Å². The summed E-state index contributed by atoms with van der Waals surface area (Å²) in [7, 11) is 0. The Balaban J connectivity index is 1.98. The Morgan fingerprint density at radius 2 is 1.64 bits per heavy atom. The van der Waals surface area contributed by atoms with Crippen molar-refractivity contribution in [3.05, 3.63) is 35.9 Å². The van der Waals surface area contributed by atoms with Gasteiger partial charge in [-0.15, -0.1) is 0 Å². The van der Waals surface area contributed by atoms with Gasteiger partial charge in [-0.1, -0.05) is 43.7 Å². The topological polar surface area (TPSA) is 0 Å². The molecule has 0 heterocycles. The van der Waals surface area contributed by atoms with Crippen LogP contribution in [0.3, 0.4) is 0 Å². The van der Waals surface area contributed by atoms with Crippen molar-refractivity contribution in [2.75, 3.05) is 0 Å². The van der Waals surface area contributed by atoms with E-state index in [4.69, 9.17) is 0 Å². The normalized spacial score (nSPS) is 33.5. The molecule has 0 bridgehead atoms. The first-order valence-electron chi connectivity index (χ1n) is 5.82. The molecule has 2 aliphatic rings. The molecule has 74 valence electrons. The quantitative estimate of drug-likeness (QED) is 0.624. The molecule has 0 heteroatoms. The Hall–Kier alpha value is -0.780. The lowest BCUT2D eigenvalue weighted by Gasteiger charge is -2.64. The summed E-state index contributed by atoms with van der Waals surface area (Å²) in [6.45, 7) is 2.48. The van der Waals surface area contributed by atoms with E-state index in [1.165, 1.54) is 32.1 Å². The first-order valence-corrected chi connectivity index (χ1v) is 5.82. The van der Waals surface area contributed by atoms with Gasteiger partial charge in [0, 0.05) is 0 Å². The van der Waals surface area contributed by atoms with Crippen molar-refractivity contribution in [1.29, 1.82) is 0 Å². The summed E-state index contributed by atoms with van der Waals surface area (Å²) in [6, 6.07) is 11.1. The SMILES string of the molecule is CC1(c2ccccc2)CCC12CCC2. The highest BCUT2D eigenvalue weighted by Crippen LogP contribution is 2.67. The molecule has 0 saturated heterocycles. The van der Waals surface area contributed by atoms with Crippen LogP contribution in [0.25, 0.3) is 0 Å². The summed E-state index contributed by atoms with van der Waals surface area (Å²) >= 11 is 0. The van der Waals surface area contributed by atoms with Crippen molar-refractivity contribution < 1.29 is 0 Å². The standard InChI is InChI=1S/C14H18/c1-13(12-6-3-2-4-7-12)10-11-14(13)8-5-9-14/h2-4,6-7H,5,8-11H2,1H3. The molecule has 0 amide bonds. The van der Waals surface area contributed by atoms with Crippen molar-refractivity contribution >= 4 is 0 Å². The minimum absolute atomic E-state index is 0.506. The molecule has 14 heavy (non-hydrogen) atoms. The Morgan fingerprint density at radius 3 is 2.07 bits per heavy atom. The highest BCUT2D eigenvalue weighted by molar-refractivity contribution is 5.33. The summed E-state index contributed by atoms with van der Waals surface area (Å²) in [5.74, 6) is 0. The molecule has 0 aromatic heterocycles. The van der Waals surface area contributed by atoms with Crippen LogP contribution in [0.15, 0.2) is 30.3 Å². The van der Waals surface area contributed by atoms with Crippen LogP contribution < -0.4 is 0 Å². The van der Waals surface area contributed by atoms with Crippen LogP contribution in [0, 0.1) is 5.41 Å². The molecule has 1 unspecified atom stereocenters. The predicted molar refractivity (Wildman–Crippen MR) is 59.3 cm³/mol. The number of hydrogen-bond donors (Lipinski definition) is 0. The highest BCUT2D eigenvalue weighted by atomic mass is 14.6. The van der Waals surface area contributed by atoms with E-state index < -0.39 is 0 Å². The van der Waals surface area contributed by atoms with E-state index in [1.807, 2.05) is 0 Å². The zero-order chi connectivity index (χ0) is 9.65. The first-order chi connectivity index (χ1) is 6.77. The number of hydrogen-bond acceptors (Lipinski definition) is 0. The minimum atomic E-state index is 0.506. The minimum Gasteiger partial charge on any atom is -0.0622 e. The van der Waals surface area contributed by atoms with Gasteiger partial charge in [0.15, 0.2) is 0 Å². The van der Waals surface area contributed by atoms with Crippen LogP contribution in [0.5, 0.6) is 0 Å². The van der Waals surface area contributed by atoms with Crippen molar-refractivity contribution in [3.63, 3.8) is 0 Å². The van der Waals surface area contributed by atoms with Crippen LogP contribution >= 0.6 is 0 Å². The fraction of sp³-hybridized carbons (Fsp3) is 0.571. The van der Waals surface area contributed by atoms with Gasteiger partial charge in [0.2, 0.25) is 0 Å². The van der Waals surface area contributed by atoms with Crippen LogP contribution in [0.1, 0.15) is 44.6 Å². The Kier molecular flexibility index (Phi) is 1.60. The van der Waals surface area contributed by atoms with Crippen LogP contribution in [-0.4, -0.2) is 0 Å². The van der Waals surface area contributed by atoms with Gasteiger partial charge in [-0.25, -0.2) is 0 Å². The zero-order valence-corrected chi connectivity index (χ0v) is 8.92. The maximum Gasteiger partial charge on any atom is -0.00187 e. The Bertz CT molecular complexity index is 329. The summed E-state index contributed by atoms with van der Waals surface area (Å²) in [5, 5.41) is 0. The molecular weight excluding hydrogens is 168 g/mol. The molecule has 1 spiro atoms. The van der Waals surface area contributed by atoms with E-state index in [0.29, 0.717) is 10.8 Å². The van der Waals surface area contributed by atoms with E-state index in [9.17, 15) is 0 Å². The molecule has 1 atom stereocenters. The smallest absolute Gasteiger partial charge is 0.00187 e. The molecule has 2 aliphatic carbocycles. The predicted octanol–water partition coefficient (Wildman–Crippen LogP) is 3.91. The lowest BCUT2D eigenvalue weighted by atomic mass is 9.40. The molecule has 0 aliphatic heterocycles. The fourth-order valence-corrected chi connectivity index (χ4v) is 3.52. The van der Waals surface area contributed by atoms with Gasteiger partial charge in [0.25, 0.3) is 0 Å². The van der Waals surface area contributed by atoms with Gasteiger partial charge in [0.05, 0.1) is 0 Å². The van der Waals surface area contributed by atoms with E-state index in [2.05, 4.69) is 37.3 Å². The van der Waals surface area contributed by atoms with Gasteiger partial charge in [0.1, 0.15) is 0 Å². The third-order valence-corrected chi connectivity index (χ3v) is 5.00. The molecule has 0 radical (unpaired) electrons. The van der Waals surface area contributed by atoms with Crippen molar-refractivity contribution in [1.82, 2.24) is 0 Å². The average Bonchev–Trinajstić information content (AvgIpc) is 2.14. The summed E-state index contributed by atoms with van der Waals surface area (Å²) in [6.07, 6.45) is 7.27. The molecule has 1 aromatic carbocycles. The van der Waals surface area contributed by atoms with Crippen molar-refractivity contribution in [2.24, 2.45) is 5.41 Å². The second-order valence-electron chi connectivity index (χ2n) is 5.33. The average molecular weight is 186 g/mol. The third-order valence-electron chi connectivity index (χ3n) is 5.00. The fourth-order valence-electron chi connectivity index (χ4n) is 3.52. The van der Waals surface area contributed by atoms with E-state index in [-0.39, 0.29) is 0 Å². The van der Waals surface area contributed by atoms with Gasteiger partial charge in [-0.05, 0) is 42.1 Å². The number of rotatable bonds is 1. The molecule has 0 nitrogen and oxygen atoms in total. The molecule has 3 rings (SSSR count). The van der Waals surface area contributed by atoms with Crippen LogP contribution in [-0.2, 0) is 5.41 Å². The molecule has 0 N–H and O–H groups in total. The van der Waals surface area contributed by atoms with E-state index >= 15 is 0 Å². The molecule has 2 fully saturated rings. The van der Waals surface area contributed by atoms with Gasteiger partial charge >= 0.3 is 0 Å². The summed E-state index contributed by atoms with van der Waals surface area (Å²) < 4.78 is 0. The molecule has 1 aromatic rings. The maximum atomic E-state index is 2.48. The summed E-state index contributed by atoms with van der Waals surface area (Å²) in [4.78, 5) is 0. The lowest BCUT2D eigenvalue weighted by Crippen LogP contribution is -2.56. The zero-order valence-electron chi connectivity index (χ0n) is 8.92. The molecular formula is C14H18.